The molecule has 1 N–H and O–H groups in total. The maximum atomic E-state index is 13.1. The molecule has 8 heteroatoms. The molecule has 0 unspecified atom stereocenters. The van der Waals surface area contributed by atoms with E-state index in [1.807, 2.05) is 49.1 Å². The lowest BCUT2D eigenvalue weighted by atomic mass is 10.2. The van der Waals surface area contributed by atoms with Crippen LogP contribution in [0, 0.1) is 0 Å². The van der Waals surface area contributed by atoms with Gasteiger partial charge in [-0.25, -0.2) is 4.98 Å². The third-order valence-corrected chi connectivity index (χ3v) is 6.82. The number of nitrogens with zero attached hydrogens (tertiary/aromatic N) is 4. The normalized spacial score (nSPS) is 15.8. The summed E-state index contributed by atoms with van der Waals surface area (Å²) in [5, 5.41) is 3.46. The highest BCUT2D eigenvalue weighted by molar-refractivity contribution is 7.99. The number of carbonyl (C=O) groups excluding carboxylic acids is 1. The smallest absolute Gasteiger partial charge is 0.273 e. The summed E-state index contributed by atoms with van der Waals surface area (Å²) >= 11 is 1.72. The zero-order valence-corrected chi connectivity index (χ0v) is 19.6. The topological polar surface area (TPSA) is 70.6 Å². The van der Waals surface area contributed by atoms with Crippen molar-refractivity contribution in [2.24, 2.45) is 0 Å². The van der Waals surface area contributed by atoms with Gasteiger partial charge in [-0.1, -0.05) is 30.0 Å². The van der Waals surface area contributed by atoms with Gasteiger partial charge in [0.2, 0.25) is 5.95 Å². The number of ether oxygens (including phenoxy) is 1. The lowest BCUT2D eigenvalue weighted by molar-refractivity contribution is 0.0726. The van der Waals surface area contributed by atoms with Crippen LogP contribution in [0.3, 0.4) is 0 Å². The zero-order chi connectivity index (χ0) is 22.8. The molecule has 33 heavy (non-hydrogen) atoms. The van der Waals surface area contributed by atoms with Crippen molar-refractivity contribution in [1.29, 1.82) is 0 Å². The van der Waals surface area contributed by atoms with Gasteiger partial charge >= 0.3 is 0 Å². The van der Waals surface area contributed by atoms with Gasteiger partial charge in [0, 0.05) is 40.2 Å². The summed E-state index contributed by atoms with van der Waals surface area (Å²) in [6.45, 7) is 7.26. The minimum absolute atomic E-state index is 0.0328. The van der Waals surface area contributed by atoms with Gasteiger partial charge in [0.05, 0.1) is 19.8 Å². The van der Waals surface area contributed by atoms with Gasteiger partial charge < -0.3 is 19.9 Å². The van der Waals surface area contributed by atoms with Crippen molar-refractivity contribution in [2.45, 2.75) is 36.2 Å². The number of morpholine rings is 1. The maximum Gasteiger partial charge on any atom is 0.273 e. The molecule has 1 saturated heterocycles. The largest absolute Gasteiger partial charge is 0.378 e. The molecule has 1 aromatic heterocycles. The minimum Gasteiger partial charge on any atom is -0.378 e. The van der Waals surface area contributed by atoms with Gasteiger partial charge in [0.1, 0.15) is 11.5 Å². The molecule has 0 radical (unpaired) electrons. The van der Waals surface area contributed by atoms with E-state index in [2.05, 4.69) is 39.5 Å². The average Bonchev–Trinajstić information content (AvgIpc) is 3.19. The Morgan fingerprint density at radius 1 is 0.970 bits per heavy atom. The summed E-state index contributed by atoms with van der Waals surface area (Å²) in [5.74, 6) is 1.24. The first-order valence-corrected chi connectivity index (χ1v) is 12.0. The molecule has 1 amide bonds. The summed E-state index contributed by atoms with van der Waals surface area (Å²) < 4.78 is 5.47. The van der Waals surface area contributed by atoms with E-state index in [-0.39, 0.29) is 11.9 Å². The van der Waals surface area contributed by atoms with Crippen molar-refractivity contribution in [3.05, 3.63) is 65.9 Å². The number of anilines is 3. The molecule has 2 aliphatic heterocycles. The third kappa shape index (κ3) is 4.67. The number of aromatic nitrogens is 2. The molecule has 1 fully saturated rings. The van der Waals surface area contributed by atoms with Gasteiger partial charge in [0.25, 0.3) is 5.91 Å². The van der Waals surface area contributed by atoms with E-state index >= 15 is 0 Å². The minimum atomic E-state index is -0.0328. The summed E-state index contributed by atoms with van der Waals surface area (Å²) in [4.78, 5) is 28.9. The van der Waals surface area contributed by atoms with Crippen LogP contribution in [-0.4, -0.2) is 53.1 Å². The Morgan fingerprint density at radius 2 is 1.67 bits per heavy atom. The highest BCUT2D eigenvalue weighted by Crippen LogP contribution is 2.33. The lowest BCUT2D eigenvalue weighted by Crippen LogP contribution is -2.37. The van der Waals surface area contributed by atoms with Gasteiger partial charge in [-0.2, -0.15) is 4.98 Å². The predicted octanol–water partition coefficient (Wildman–Crippen LogP) is 4.57. The van der Waals surface area contributed by atoms with Crippen molar-refractivity contribution in [1.82, 2.24) is 14.9 Å². The van der Waals surface area contributed by atoms with Crippen molar-refractivity contribution in [2.75, 3.05) is 36.5 Å². The molecule has 170 valence electrons. The standard InChI is InChI=1S/C25H27N5O2S/c1-17(2)30-16-21-22(24(30)31)27-25(29-12-14-32-15-13-29)28-23(21)26-18-8-10-20(11-9-18)33-19-6-4-3-5-7-19/h3-11,17H,12-16H2,1-2H3,(H,26,27,28). The molecule has 5 rings (SSSR count). The molecule has 3 aromatic rings. The van der Waals surface area contributed by atoms with Crippen LogP contribution in [-0.2, 0) is 11.3 Å². The molecule has 2 aliphatic rings. The van der Waals surface area contributed by atoms with E-state index in [1.54, 1.807) is 11.8 Å². The molecular weight excluding hydrogens is 434 g/mol. The first kappa shape index (κ1) is 21.7. The van der Waals surface area contributed by atoms with E-state index in [1.165, 1.54) is 4.90 Å². The lowest BCUT2D eigenvalue weighted by Gasteiger charge is -2.27. The first-order valence-electron chi connectivity index (χ1n) is 11.2. The van der Waals surface area contributed by atoms with Crippen molar-refractivity contribution in [3.63, 3.8) is 0 Å². The SMILES string of the molecule is CC(C)N1Cc2c(Nc3ccc(Sc4ccccc4)cc3)nc(N3CCOCC3)nc2C1=O. The molecule has 7 nitrogen and oxygen atoms in total. The van der Waals surface area contributed by atoms with E-state index in [0.717, 1.165) is 16.1 Å². The van der Waals surface area contributed by atoms with Crippen LogP contribution in [0.5, 0.6) is 0 Å². The number of carbonyl (C=O) groups is 1. The molecule has 2 aromatic carbocycles. The summed E-state index contributed by atoms with van der Waals surface area (Å²) in [6, 6.07) is 18.7. The highest BCUT2D eigenvalue weighted by atomic mass is 32.2. The number of hydrogen-bond donors (Lipinski definition) is 1. The second-order valence-electron chi connectivity index (χ2n) is 8.39. The maximum absolute atomic E-state index is 13.1. The van der Waals surface area contributed by atoms with E-state index < -0.39 is 0 Å². The monoisotopic (exact) mass is 461 g/mol. The predicted molar refractivity (Wildman–Crippen MR) is 130 cm³/mol. The number of hydrogen-bond acceptors (Lipinski definition) is 7. The molecule has 0 aliphatic carbocycles. The Labute approximate surface area is 198 Å². The van der Waals surface area contributed by atoms with Gasteiger partial charge in [-0.15, -0.1) is 0 Å². The second-order valence-corrected chi connectivity index (χ2v) is 9.54. The van der Waals surface area contributed by atoms with Gasteiger partial charge in [-0.3, -0.25) is 4.79 Å². The van der Waals surface area contributed by atoms with Crippen LogP contribution in [0.4, 0.5) is 17.5 Å². The summed E-state index contributed by atoms with van der Waals surface area (Å²) in [7, 11) is 0. The first-order chi connectivity index (χ1) is 16.1. The van der Waals surface area contributed by atoms with Gasteiger partial charge in [-0.05, 0) is 50.2 Å². The Balaban J connectivity index is 1.43. The van der Waals surface area contributed by atoms with E-state index in [0.29, 0.717) is 50.3 Å². The number of benzene rings is 2. The second kappa shape index (κ2) is 9.41. The fourth-order valence-corrected chi connectivity index (χ4v) is 4.81. The molecule has 0 spiro atoms. The van der Waals surface area contributed by atoms with Crippen LogP contribution in [0.25, 0.3) is 0 Å². The molecule has 0 bridgehead atoms. The number of amides is 1. The Morgan fingerprint density at radius 3 is 2.36 bits per heavy atom. The molecule has 0 atom stereocenters. The molecule has 0 saturated carbocycles. The quantitative estimate of drug-likeness (QED) is 0.576. The number of rotatable bonds is 6. The van der Waals surface area contributed by atoms with Crippen LogP contribution in [0.1, 0.15) is 29.9 Å². The van der Waals surface area contributed by atoms with Crippen molar-refractivity contribution in [3.8, 4) is 0 Å². The Kier molecular flexibility index (Phi) is 6.20. The van der Waals surface area contributed by atoms with Crippen molar-refractivity contribution < 1.29 is 9.53 Å². The summed E-state index contributed by atoms with van der Waals surface area (Å²) in [6.07, 6.45) is 0. The Bertz CT molecular complexity index is 1130. The van der Waals surface area contributed by atoms with Gasteiger partial charge in [0.15, 0.2) is 0 Å². The van der Waals surface area contributed by atoms with Crippen LogP contribution in [0.2, 0.25) is 0 Å². The van der Waals surface area contributed by atoms with Crippen LogP contribution in [0.15, 0.2) is 64.4 Å². The van der Waals surface area contributed by atoms with Crippen LogP contribution >= 0.6 is 11.8 Å². The molecule has 3 heterocycles. The van der Waals surface area contributed by atoms with Crippen molar-refractivity contribution >= 4 is 35.1 Å². The Hall–Kier alpha value is -3.10. The summed E-state index contributed by atoms with van der Waals surface area (Å²) in [5.41, 5.74) is 2.28. The molecular formula is C25H27N5O2S. The van der Waals surface area contributed by atoms with E-state index in [9.17, 15) is 4.79 Å². The zero-order valence-electron chi connectivity index (χ0n) is 18.8. The third-order valence-electron chi connectivity index (χ3n) is 5.80. The number of fused-ring (bicyclic) bond motifs is 1. The average molecular weight is 462 g/mol. The van der Waals surface area contributed by atoms with Crippen LogP contribution < -0.4 is 10.2 Å². The van der Waals surface area contributed by atoms with E-state index in [4.69, 9.17) is 9.72 Å². The fourth-order valence-electron chi connectivity index (χ4n) is 3.97. The highest BCUT2D eigenvalue weighted by Gasteiger charge is 2.35. The fraction of sp³-hybridized carbons (Fsp3) is 0.320. The number of nitrogens with one attached hydrogen (secondary N) is 1.